The largest absolute Gasteiger partial charge is 0.354 e. The fourth-order valence-electron chi connectivity index (χ4n) is 4.37. The molecule has 0 unspecified atom stereocenters. The first-order valence-corrected chi connectivity index (χ1v) is 14.8. The molecule has 39 heavy (non-hydrogen) atoms. The van der Waals surface area contributed by atoms with Gasteiger partial charge in [0.2, 0.25) is 11.8 Å². The Morgan fingerprint density at radius 2 is 1.46 bits per heavy atom. The van der Waals surface area contributed by atoms with E-state index in [1.807, 2.05) is 71.0 Å². The van der Waals surface area contributed by atoms with E-state index >= 15 is 0 Å². The molecule has 0 aliphatic heterocycles. The fraction of sp³-hybridized carbons (Fsp3) is 0.355. The standard InChI is InChI=1S/C31H39N3O4S/c1-6-19-32-31(36)29(7-2)33(21-26-10-8-9-25(5)20-26)30(35)22-34(27-15-11-23(3)12-16-27)39(37,38)28-17-13-24(4)14-18-28/h8-18,20,29H,6-7,19,21-22H2,1-5H3,(H,32,36)/t29-/m0/s1. The third-order valence-corrected chi connectivity index (χ3v) is 8.37. The van der Waals surface area contributed by atoms with E-state index in [0.29, 0.717) is 18.7 Å². The topological polar surface area (TPSA) is 86.8 Å². The van der Waals surface area contributed by atoms with E-state index < -0.39 is 28.5 Å². The van der Waals surface area contributed by atoms with Crippen LogP contribution in [0.15, 0.2) is 77.7 Å². The van der Waals surface area contributed by atoms with Crippen LogP contribution in [0.25, 0.3) is 0 Å². The Morgan fingerprint density at radius 3 is 2.03 bits per heavy atom. The van der Waals surface area contributed by atoms with Crippen LogP contribution in [0, 0.1) is 20.8 Å². The Balaban J connectivity index is 2.04. The van der Waals surface area contributed by atoms with Gasteiger partial charge in [0.25, 0.3) is 10.0 Å². The Labute approximate surface area is 232 Å². The van der Waals surface area contributed by atoms with Crippen molar-refractivity contribution in [1.29, 1.82) is 0 Å². The predicted molar refractivity (Wildman–Crippen MR) is 156 cm³/mol. The zero-order valence-electron chi connectivity index (χ0n) is 23.5. The van der Waals surface area contributed by atoms with Gasteiger partial charge in [0.15, 0.2) is 0 Å². The number of hydrogen-bond donors (Lipinski definition) is 1. The van der Waals surface area contributed by atoms with E-state index in [0.717, 1.165) is 33.0 Å². The maximum atomic E-state index is 14.0. The summed E-state index contributed by atoms with van der Waals surface area (Å²) in [6.07, 6.45) is 1.16. The van der Waals surface area contributed by atoms with Crippen molar-refractivity contribution in [2.75, 3.05) is 17.4 Å². The van der Waals surface area contributed by atoms with Crippen molar-refractivity contribution in [3.05, 3.63) is 95.1 Å². The molecule has 1 atom stereocenters. The summed E-state index contributed by atoms with van der Waals surface area (Å²) in [6.45, 7) is 9.83. The van der Waals surface area contributed by atoms with Crippen LogP contribution in [0.2, 0.25) is 0 Å². The van der Waals surface area contributed by atoms with E-state index in [1.165, 1.54) is 4.90 Å². The zero-order valence-corrected chi connectivity index (χ0v) is 24.3. The summed E-state index contributed by atoms with van der Waals surface area (Å²) < 4.78 is 28.9. The van der Waals surface area contributed by atoms with Gasteiger partial charge in [-0.2, -0.15) is 0 Å². The maximum Gasteiger partial charge on any atom is 0.264 e. The smallest absolute Gasteiger partial charge is 0.264 e. The summed E-state index contributed by atoms with van der Waals surface area (Å²) in [6, 6.07) is 20.6. The minimum absolute atomic E-state index is 0.0967. The number of amides is 2. The molecule has 0 saturated carbocycles. The van der Waals surface area contributed by atoms with Crippen LogP contribution in [0.1, 0.15) is 48.9 Å². The number of aryl methyl sites for hydroxylation is 3. The number of nitrogens with zero attached hydrogens (tertiary/aromatic N) is 2. The number of carbonyl (C=O) groups excluding carboxylic acids is 2. The highest BCUT2D eigenvalue weighted by Gasteiger charge is 2.33. The van der Waals surface area contributed by atoms with Gasteiger partial charge in [0.05, 0.1) is 10.6 Å². The second-order valence-electron chi connectivity index (χ2n) is 9.89. The summed E-state index contributed by atoms with van der Waals surface area (Å²) >= 11 is 0. The molecule has 7 nitrogen and oxygen atoms in total. The molecular formula is C31H39N3O4S. The van der Waals surface area contributed by atoms with Gasteiger partial charge < -0.3 is 10.2 Å². The number of anilines is 1. The minimum Gasteiger partial charge on any atom is -0.354 e. The van der Waals surface area contributed by atoms with Crippen molar-refractivity contribution in [1.82, 2.24) is 10.2 Å². The quantitative estimate of drug-likeness (QED) is 0.339. The number of benzene rings is 3. The van der Waals surface area contributed by atoms with Gasteiger partial charge in [-0.3, -0.25) is 13.9 Å². The highest BCUT2D eigenvalue weighted by atomic mass is 32.2. The summed E-state index contributed by atoms with van der Waals surface area (Å²) in [7, 11) is -4.07. The molecule has 3 rings (SSSR count). The van der Waals surface area contributed by atoms with Crippen molar-refractivity contribution in [3.63, 3.8) is 0 Å². The van der Waals surface area contributed by atoms with Crippen molar-refractivity contribution in [2.45, 2.75) is 64.9 Å². The maximum absolute atomic E-state index is 14.0. The average molecular weight is 550 g/mol. The molecule has 0 aliphatic rings. The molecule has 0 saturated heterocycles. The van der Waals surface area contributed by atoms with Crippen LogP contribution in [-0.4, -0.2) is 44.3 Å². The lowest BCUT2D eigenvalue weighted by Crippen LogP contribution is -2.52. The van der Waals surface area contributed by atoms with Crippen LogP contribution in [0.4, 0.5) is 5.69 Å². The summed E-state index contributed by atoms with van der Waals surface area (Å²) in [5.41, 5.74) is 4.19. The highest BCUT2D eigenvalue weighted by molar-refractivity contribution is 7.92. The van der Waals surface area contributed by atoms with E-state index in [2.05, 4.69) is 5.32 Å². The molecule has 208 valence electrons. The normalized spacial score (nSPS) is 12.0. The Morgan fingerprint density at radius 1 is 0.846 bits per heavy atom. The van der Waals surface area contributed by atoms with Gasteiger partial charge in [0, 0.05) is 13.1 Å². The van der Waals surface area contributed by atoms with Crippen molar-refractivity contribution in [3.8, 4) is 0 Å². The molecule has 3 aromatic carbocycles. The van der Waals surface area contributed by atoms with Gasteiger partial charge in [-0.25, -0.2) is 8.42 Å². The van der Waals surface area contributed by atoms with E-state index in [-0.39, 0.29) is 17.3 Å². The lowest BCUT2D eigenvalue weighted by Gasteiger charge is -2.33. The number of hydrogen-bond acceptors (Lipinski definition) is 4. The molecule has 3 aromatic rings. The predicted octanol–water partition coefficient (Wildman–Crippen LogP) is 5.14. The van der Waals surface area contributed by atoms with Crippen molar-refractivity contribution < 1.29 is 18.0 Å². The second kappa shape index (κ2) is 13.4. The van der Waals surface area contributed by atoms with Crippen LogP contribution >= 0.6 is 0 Å². The van der Waals surface area contributed by atoms with Crippen LogP contribution in [-0.2, 0) is 26.2 Å². The molecule has 0 heterocycles. The van der Waals surface area contributed by atoms with Crippen molar-refractivity contribution >= 4 is 27.5 Å². The zero-order chi connectivity index (χ0) is 28.6. The summed E-state index contributed by atoms with van der Waals surface area (Å²) in [5, 5.41) is 2.90. The Hall–Kier alpha value is -3.65. The van der Waals surface area contributed by atoms with E-state index in [9.17, 15) is 18.0 Å². The van der Waals surface area contributed by atoms with Crippen LogP contribution < -0.4 is 9.62 Å². The molecule has 0 bridgehead atoms. The molecule has 2 amide bonds. The first kappa shape index (κ1) is 29.9. The number of rotatable bonds is 12. The summed E-state index contributed by atoms with van der Waals surface area (Å²) in [4.78, 5) is 28.8. The lowest BCUT2D eigenvalue weighted by molar-refractivity contribution is -0.140. The van der Waals surface area contributed by atoms with Crippen molar-refractivity contribution in [2.24, 2.45) is 0 Å². The van der Waals surface area contributed by atoms with Gasteiger partial charge >= 0.3 is 0 Å². The molecular weight excluding hydrogens is 510 g/mol. The third-order valence-electron chi connectivity index (χ3n) is 6.58. The van der Waals surface area contributed by atoms with E-state index in [4.69, 9.17) is 0 Å². The van der Waals surface area contributed by atoms with Gasteiger partial charge in [0.1, 0.15) is 12.6 Å². The second-order valence-corrected chi connectivity index (χ2v) is 11.7. The third kappa shape index (κ3) is 7.69. The molecule has 0 aromatic heterocycles. The molecule has 0 fully saturated rings. The SMILES string of the molecule is CCCNC(=O)[C@H](CC)N(Cc1cccc(C)c1)C(=O)CN(c1ccc(C)cc1)S(=O)(=O)c1ccc(C)cc1. The fourth-order valence-corrected chi connectivity index (χ4v) is 5.78. The minimum atomic E-state index is -4.07. The average Bonchev–Trinajstić information content (AvgIpc) is 2.91. The number of nitrogens with one attached hydrogen (secondary N) is 1. The molecule has 0 aliphatic carbocycles. The van der Waals surface area contributed by atoms with Gasteiger partial charge in [-0.15, -0.1) is 0 Å². The molecule has 0 radical (unpaired) electrons. The van der Waals surface area contributed by atoms with Crippen LogP contribution in [0.3, 0.4) is 0 Å². The van der Waals surface area contributed by atoms with E-state index in [1.54, 1.807) is 36.4 Å². The lowest BCUT2D eigenvalue weighted by atomic mass is 10.1. The monoisotopic (exact) mass is 549 g/mol. The highest BCUT2D eigenvalue weighted by Crippen LogP contribution is 2.25. The molecule has 1 N–H and O–H groups in total. The van der Waals surface area contributed by atoms with Gasteiger partial charge in [-0.05, 0) is 63.4 Å². The molecule has 8 heteroatoms. The molecule has 0 spiro atoms. The summed E-state index contributed by atoms with van der Waals surface area (Å²) in [5.74, 6) is -0.699. The Bertz CT molecular complexity index is 1370. The van der Waals surface area contributed by atoms with Gasteiger partial charge in [-0.1, -0.05) is 79.1 Å². The number of sulfonamides is 1. The first-order chi connectivity index (χ1) is 18.6. The first-order valence-electron chi connectivity index (χ1n) is 13.4. The van der Waals surface area contributed by atoms with Crippen LogP contribution in [0.5, 0.6) is 0 Å². The number of carbonyl (C=O) groups is 2. The Kier molecular flexibility index (Phi) is 10.3.